The molecule has 1 N–H and O–H groups in total. The van der Waals surface area contributed by atoms with Crippen LogP contribution >= 0.6 is 0 Å². The lowest BCUT2D eigenvalue weighted by Crippen LogP contribution is -2.40. The number of ether oxygens (including phenoxy) is 1. The van der Waals surface area contributed by atoms with Gasteiger partial charge in [0.15, 0.2) is 5.82 Å². The lowest BCUT2D eigenvalue weighted by molar-refractivity contribution is -0.125. The summed E-state index contributed by atoms with van der Waals surface area (Å²) in [6.07, 6.45) is 1.62. The van der Waals surface area contributed by atoms with E-state index >= 15 is 0 Å². The number of amides is 1. The highest BCUT2D eigenvalue weighted by Crippen LogP contribution is 2.25. The number of anilines is 1. The Kier molecular flexibility index (Phi) is 6.46. The Labute approximate surface area is 183 Å². The molecule has 3 aromatic rings. The van der Waals surface area contributed by atoms with Crippen LogP contribution in [0.15, 0.2) is 60.7 Å². The molecule has 0 saturated carbocycles. The molecule has 0 unspecified atom stereocenters. The minimum Gasteiger partial charge on any atom is -0.497 e. The molecule has 6 heteroatoms. The van der Waals surface area contributed by atoms with E-state index in [1.807, 2.05) is 48.5 Å². The maximum absolute atomic E-state index is 12.6. The van der Waals surface area contributed by atoms with Crippen molar-refractivity contribution in [2.75, 3.05) is 25.1 Å². The number of hydrogen-bond acceptors (Lipinski definition) is 5. The number of methoxy groups -OCH3 is 1. The van der Waals surface area contributed by atoms with Crippen molar-refractivity contribution in [3.05, 3.63) is 71.8 Å². The molecule has 1 aromatic heterocycles. The second-order valence-corrected chi connectivity index (χ2v) is 7.92. The van der Waals surface area contributed by atoms with E-state index in [0.29, 0.717) is 6.54 Å². The smallest absolute Gasteiger partial charge is 0.223 e. The van der Waals surface area contributed by atoms with Gasteiger partial charge in [0.25, 0.3) is 0 Å². The Bertz CT molecular complexity index is 1030. The molecular weight excluding hydrogens is 388 g/mol. The SMILES string of the molecule is COc1cccc(CNC(=O)C2CCN(c3ccc(-c4ccccc4C)nn3)CC2)c1. The summed E-state index contributed by atoms with van der Waals surface area (Å²) in [4.78, 5) is 14.8. The van der Waals surface area contributed by atoms with Crippen LogP contribution in [0.4, 0.5) is 5.82 Å². The van der Waals surface area contributed by atoms with Crippen molar-refractivity contribution in [2.24, 2.45) is 5.92 Å². The van der Waals surface area contributed by atoms with E-state index in [2.05, 4.69) is 39.5 Å². The summed E-state index contributed by atoms with van der Waals surface area (Å²) in [6, 6.07) is 20.0. The zero-order valence-corrected chi connectivity index (χ0v) is 18.0. The Morgan fingerprint density at radius 2 is 1.87 bits per heavy atom. The molecule has 160 valence electrons. The van der Waals surface area contributed by atoms with E-state index in [1.165, 1.54) is 5.56 Å². The molecule has 1 amide bonds. The van der Waals surface area contributed by atoms with Crippen molar-refractivity contribution in [3.63, 3.8) is 0 Å². The van der Waals surface area contributed by atoms with Gasteiger partial charge in [0.1, 0.15) is 5.75 Å². The van der Waals surface area contributed by atoms with Crippen molar-refractivity contribution in [3.8, 4) is 17.0 Å². The standard InChI is InChI=1S/C25H28N4O2/c1-18-6-3-4-9-22(18)23-10-11-24(28-27-23)29-14-12-20(13-15-29)25(30)26-17-19-7-5-8-21(16-19)31-2/h3-11,16,20H,12-15,17H2,1-2H3,(H,26,30). The maximum Gasteiger partial charge on any atom is 0.223 e. The summed E-state index contributed by atoms with van der Waals surface area (Å²) in [7, 11) is 1.64. The average molecular weight is 417 g/mol. The maximum atomic E-state index is 12.6. The number of aryl methyl sites for hydroxylation is 1. The van der Waals surface area contributed by atoms with Crippen LogP contribution in [0.5, 0.6) is 5.75 Å². The lowest BCUT2D eigenvalue weighted by atomic mass is 9.95. The molecule has 31 heavy (non-hydrogen) atoms. The van der Waals surface area contributed by atoms with E-state index in [1.54, 1.807) is 7.11 Å². The summed E-state index contributed by atoms with van der Waals surface area (Å²) in [5.41, 5.74) is 4.21. The monoisotopic (exact) mass is 416 g/mol. The fourth-order valence-corrected chi connectivity index (χ4v) is 3.98. The summed E-state index contributed by atoms with van der Waals surface area (Å²) >= 11 is 0. The molecule has 1 aliphatic heterocycles. The second kappa shape index (κ2) is 9.60. The number of piperidine rings is 1. The van der Waals surface area contributed by atoms with Crippen LogP contribution in [0.3, 0.4) is 0 Å². The molecule has 6 nitrogen and oxygen atoms in total. The van der Waals surface area contributed by atoms with Gasteiger partial charge in [-0.25, -0.2) is 0 Å². The third-order valence-corrected chi connectivity index (χ3v) is 5.86. The van der Waals surface area contributed by atoms with Crippen molar-refractivity contribution in [1.29, 1.82) is 0 Å². The summed E-state index contributed by atoms with van der Waals surface area (Å²) < 4.78 is 5.24. The van der Waals surface area contributed by atoms with Crippen LogP contribution in [-0.2, 0) is 11.3 Å². The first-order valence-corrected chi connectivity index (χ1v) is 10.7. The topological polar surface area (TPSA) is 67.3 Å². The summed E-state index contributed by atoms with van der Waals surface area (Å²) in [5.74, 6) is 1.81. The fraction of sp³-hybridized carbons (Fsp3) is 0.320. The van der Waals surface area contributed by atoms with Crippen LogP contribution < -0.4 is 15.0 Å². The van der Waals surface area contributed by atoms with Gasteiger partial charge in [-0.1, -0.05) is 36.4 Å². The van der Waals surface area contributed by atoms with Crippen molar-refractivity contribution in [1.82, 2.24) is 15.5 Å². The Morgan fingerprint density at radius 3 is 2.58 bits per heavy atom. The minimum atomic E-state index is 0.0288. The molecule has 1 aliphatic rings. The molecule has 0 atom stereocenters. The fourth-order valence-electron chi connectivity index (χ4n) is 3.98. The lowest BCUT2D eigenvalue weighted by Gasteiger charge is -2.31. The van der Waals surface area contributed by atoms with Gasteiger partial charge in [-0.2, -0.15) is 0 Å². The van der Waals surface area contributed by atoms with Crippen molar-refractivity contribution in [2.45, 2.75) is 26.3 Å². The molecule has 2 heterocycles. The number of nitrogens with zero attached hydrogens (tertiary/aromatic N) is 3. The molecule has 0 bridgehead atoms. The Balaban J connectivity index is 1.30. The Morgan fingerprint density at radius 1 is 1.06 bits per heavy atom. The van der Waals surface area contributed by atoms with E-state index in [4.69, 9.17) is 4.74 Å². The predicted octanol–water partition coefficient (Wildman–Crippen LogP) is 3.99. The average Bonchev–Trinajstić information content (AvgIpc) is 2.83. The van der Waals surface area contributed by atoms with Gasteiger partial charge in [0, 0.05) is 31.1 Å². The largest absolute Gasteiger partial charge is 0.497 e. The van der Waals surface area contributed by atoms with Crippen LogP contribution in [0.2, 0.25) is 0 Å². The van der Waals surface area contributed by atoms with Gasteiger partial charge in [0.2, 0.25) is 5.91 Å². The normalized spacial score (nSPS) is 14.3. The highest BCUT2D eigenvalue weighted by atomic mass is 16.5. The molecule has 0 spiro atoms. The highest BCUT2D eigenvalue weighted by molar-refractivity contribution is 5.79. The zero-order chi connectivity index (χ0) is 21.6. The third kappa shape index (κ3) is 5.02. The van der Waals surface area contributed by atoms with E-state index in [9.17, 15) is 4.79 Å². The number of nitrogens with one attached hydrogen (secondary N) is 1. The van der Waals surface area contributed by atoms with Crippen molar-refractivity contribution < 1.29 is 9.53 Å². The van der Waals surface area contributed by atoms with Crippen LogP contribution in [0.1, 0.15) is 24.0 Å². The highest BCUT2D eigenvalue weighted by Gasteiger charge is 2.25. The van der Waals surface area contributed by atoms with Gasteiger partial charge in [-0.05, 0) is 55.2 Å². The summed E-state index contributed by atoms with van der Waals surface area (Å²) in [6.45, 7) is 4.20. The Hall–Kier alpha value is -3.41. The quantitative estimate of drug-likeness (QED) is 0.658. The van der Waals surface area contributed by atoms with Gasteiger partial charge < -0.3 is 15.0 Å². The summed E-state index contributed by atoms with van der Waals surface area (Å²) in [5, 5.41) is 11.9. The number of hydrogen-bond donors (Lipinski definition) is 1. The first-order chi connectivity index (χ1) is 15.1. The van der Waals surface area contributed by atoms with Gasteiger partial charge in [0.05, 0.1) is 12.8 Å². The zero-order valence-electron chi connectivity index (χ0n) is 18.0. The molecule has 0 aliphatic carbocycles. The second-order valence-electron chi connectivity index (χ2n) is 7.92. The molecular formula is C25H28N4O2. The first-order valence-electron chi connectivity index (χ1n) is 10.7. The number of carbonyl (C=O) groups excluding carboxylic acids is 1. The van der Waals surface area contributed by atoms with E-state index in [0.717, 1.165) is 54.3 Å². The number of benzene rings is 2. The number of carbonyl (C=O) groups is 1. The van der Waals surface area contributed by atoms with Gasteiger partial charge in [-0.3, -0.25) is 4.79 Å². The van der Waals surface area contributed by atoms with Gasteiger partial charge >= 0.3 is 0 Å². The minimum absolute atomic E-state index is 0.0288. The van der Waals surface area contributed by atoms with Crippen molar-refractivity contribution >= 4 is 11.7 Å². The molecule has 0 radical (unpaired) electrons. The predicted molar refractivity (Wildman–Crippen MR) is 122 cm³/mol. The molecule has 1 saturated heterocycles. The van der Waals surface area contributed by atoms with E-state index < -0.39 is 0 Å². The third-order valence-electron chi connectivity index (χ3n) is 5.86. The van der Waals surface area contributed by atoms with E-state index in [-0.39, 0.29) is 11.8 Å². The van der Waals surface area contributed by atoms with Crippen LogP contribution in [0, 0.1) is 12.8 Å². The van der Waals surface area contributed by atoms with Crippen LogP contribution in [0.25, 0.3) is 11.3 Å². The van der Waals surface area contributed by atoms with Crippen LogP contribution in [-0.4, -0.2) is 36.3 Å². The molecule has 2 aromatic carbocycles. The molecule has 4 rings (SSSR count). The number of aromatic nitrogens is 2. The number of rotatable bonds is 6. The van der Waals surface area contributed by atoms with Gasteiger partial charge in [-0.15, -0.1) is 10.2 Å². The first kappa shape index (κ1) is 20.8. The molecule has 1 fully saturated rings.